The maximum Gasteiger partial charge on any atom is 0.0740 e. The maximum atomic E-state index is 4.85. The molecule has 166 valence electrons. The van der Waals surface area contributed by atoms with Gasteiger partial charge in [0.25, 0.3) is 0 Å². The molecule has 0 aliphatic heterocycles. The average Bonchev–Trinajstić information content (AvgIpc) is 3.26. The van der Waals surface area contributed by atoms with Crippen LogP contribution in [0.5, 0.6) is 0 Å². The van der Waals surface area contributed by atoms with E-state index in [4.69, 9.17) is 4.98 Å². The molecule has 0 atom stereocenters. The number of hydrogen-bond donors (Lipinski definition) is 1. The Labute approximate surface area is 196 Å². The van der Waals surface area contributed by atoms with Crippen molar-refractivity contribution in [1.29, 1.82) is 0 Å². The lowest BCUT2D eigenvalue weighted by Crippen LogP contribution is -2.20. The number of rotatable bonds is 4. The molecule has 0 aliphatic rings. The van der Waals surface area contributed by atoms with Gasteiger partial charge in [-0.05, 0) is 74.7 Å². The summed E-state index contributed by atoms with van der Waals surface area (Å²) < 4.78 is 0. The molecule has 0 saturated heterocycles. The molecule has 2 nitrogen and oxygen atoms in total. The third-order valence-corrected chi connectivity index (χ3v) is 6.86. The second-order valence-corrected chi connectivity index (χ2v) is 10.8. The third-order valence-electron chi connectivity index (χ3n) is 6.86. The summed E-state index contributed by atoms with van der Waals surface area (Å²) in [5, 5.41) is 2.48. The van der Waals surface area contributed by atoms with Gasteiger partial charge in [-0.1, -0.05) is 83.1 Å². The first kappa shape index (κ1) is 21.5. The van der Waals surface area contributed by atoms with Gasteiger partial charge in [0, 0.05) is 23.3 Å². The summed E-state index contributed by atoms with van der Waals surface area (Å²) >= 11 is 0. The highest BCUT2D eigenvalue weighted by atomic mass is 14.7. The summed E-state index contributed by atoms with van der Waals surface area (Å²) in [4.78, 5) is 8.15. The lowest BCUT2D eigenvalue weighted by molar-refractivity contribution is 0.524. The van der Waals surface area contributed by atoms with Gasteiger partial charge in [0.15, 0.2) is 0 Å². The van der Waals surface area contributed by atoms with Crippen LogP contribution in [0.25, 0.3) is 32.9 Å². The number of hydrogen-bond acceptors (Lipinski definition) is 1. The minimum atomic E-state index is -0.0103. The molecular weight excluding hydrogens is 400 g/mol. The summed E-state index contributed by atoms with van der Waals surface area (Å²) in [5.74, 6) is 0. The molecule has 1 N–H and O–H groups in total. The van der Waals surface area contributed by atoms with Crippen molar-refractivity contribution in [2.75, 3.05) is 0 Å². The smallest absolute Gasteiger partial charge is 0.0740 e. The Bertz CT molecular complexity index is 1450. The molecule has 5 aromatic rings. The predicted octanol–water partition coefficient (Wildman–Crippen LogP) is 8.20. The molecule has 2 heteroatoms. The lowest BCUT2D eigenvalue weighted by atomic mass is 9.78. The minimum Gasteiger partial charge on any atom is -0.361 e. The highest BCUT2D eigenvalue weighted by Crippen LogP contribution is 2.35. The van der Waals surface area contributed by atoms with E-state index in [0.717, 1.165) is 11.9 Å². The van der Waals surface area contributed by atoms with Crippen molar-refractivity contribution < 1.29 is 0 Å². The summed E-state index contributed by atoms with van der Waals surface area (Å²) in [6.07, 6.45) is 4.90. The number of benzene rings is 3. The van der Waals surface area contributed by atoms with E-state index in [2.05, 4.69) is 112 Å². The molecule has 3 aromatic carbocycles. The molecule has 33 heavy (non-hydrogen) atoms. The topological polar surface area (TPSA) is 28.7 Å². The third kappa shape index (κ3) is 4.06. The number of H-pyrrole nitrogens is 1. The van der Waals surface area contributed by atoms with E-state index < -0.39 is 0 Å². The SMILES string of the molecule is CC(C)(C)c1cccc(-c2ccnc3c(CC(C)(C)c4ccc5[nH]ccc5c4)cccc23)c1. The van der Waals surface area contributed by atoms with Crippen molar-refractivity contribution in [3.05, 3.63) is 102 Å². The number of pyridine rings is 1. The number of nitrogens with zero attached hydrogens (tertiary/aromatic N) is 1. The largest absolute Gasteiger partial charge is 0.361 e. The van der Waals surface area contributed by atoms with Crippen molar-refractivity contribution in [3.8, 4) is 11.1 Å². The Kier molecular flexibility index (Phi) is 5.12. The molecular formula is C31H32N2. The van der Waals surface area contributed by atoms with Crippen LogP contribution in [-0.4, -0.2) is 9.97 Å². The van der Waals surface area contributed by atoms with E-state index in [1.807, 2.05) is 12.4 Å². The van der Waals surface area contributed by atoms with Crippen LogP contribution in [0.15, 0.2) is 85.2 Å². The van der Waals surface area contributed by atoms with Crippen molar-refractivity contribution in [2.45, 2.75) is 51.9 Å². The van der Waals surface area contributed by atoms with E-state index in [1.54, 1.807) is 0 Å². The highest BCUT2D eigenvalue weighted by Gasteiger charge is 2.23. The second kappa shape index (κ2) is 7.88. The summed E-state index contributed by atoms with van der Waals surface area (Å²) in [7, 11) is 0. The lowest BCUT2D eigenvalue weighted by Gasteiger charge is -2.26. The van der Waals surface area contributed by atoms with Crippen LogP contribution < -0.4 is 0 Å². The fourth-order valence-electron chi connectivity index (χ4n) is 4.84. The van der Waals surface area contributed by atoms with Gasteiger partial charge in [0.05, 0.1) is 5.52 Å². The summed E-state index contributed by atoms with van der Waals surface area (Å²) in [6.45, 7) is 11.5. The number of aromatic amines is 1. The zero-order valence-electron chi connectivity index (χ0n) is 20.2. The Morgan fingerprint density at radius 3 is 2.42 bits per heavy atom. The fourth-order valence-corrected chi connectivity index (χ4v) is 4.84. The summed E-state index contributed by atoms with van der Waals surface area (Å²) in [6, 6.07) is 26.6. The van der Waals surface area contributed by atoms with Crippen molar-refractivity contribution >= 4 is 21.8 Å². The molecule has 2 aromatic heterocycles. The number of fused-ring (bicyclic) bond motifs is 2. The van der Waals surface area contributed by atoms with Gasteiger partial charge >= 0.3 is 0 Å². The van der Waals surface area contributed by atoms with E-state index in [-0.39, 0.29) is 10.8 Å². The minimum absolute atomic E-state index is 0.0103. The molecule has 0 fully saturated rings. The van der Waals surface area contributed by atoms with Crippen molar-refractivity contribution in [3.63, 3.8) is 0 Å². The van der Waals surface area contributed by atoms with Gasteiger partial charge in [-0.15, -0.1) is 0 Å². The predicted molar refractivity (Wildman–Crippen MR) is 141 cm³/mol. The van der Waals surface area contributed by atoms with Crippen LogP contribution >= 0.6 is 0 Å². The van der Waals surface area contributed by atoms with Crippen molar-refractivity contribution in [1.82, 2.24) is 9.97 Å². The molecule has 5 rings (SSSR count). The molecule has 0 spiro atoms. The van der Waals surface area contributed by atoms with Gasteiger partial charge in [0.1, 0.15) is 0 Å². The maximum absolute atomic E-state index is 4.85. The van der Waals surface area contributed by atoms with E-state index in [0.29, 0.717) is 0 Å². The quantitative estimate of drug-likeness (QED) is 0.304. The van der Waals surface area contributed by atoms with Crippen LogP contribution in [0.3, 0.4) is 0 Å². The van der Waals surface area contributed by atoms with Gasteiger partial charge in [-0.25, -0.2) is 0 Å². The second-order valence-electron chi connectivity index (χ2n) is 10.8. The first-order chi connectivity index (χ1) is 15.7. The Hall–Kier alpha value is -3.39. The highest BCUT2D eigenvalue weighted by molar-refractivity contribution is 5.96. The molecule has 0 aliphatic carbocycles. The first-order valence-corrected chi connectivity index (χ1v) is 11.8. The summed E-state index contributed by atoms with van der Waals surface area (Å²) in [5.41, 5.74) is 8.89. The number of para-hydroxylation sites is 1. The fraction of sp³-hybridized carbons (Fsp3) is 0.258. The Morgan fingerprint density at radius 1 is 0.788 bits per heavy atom. The molecule has 0 unspecified atom stereocenters. The van der Waals surface area contributed by atoms with Crippen LogP contribution in [-0.2, 0) is 17.3 Å². The zero-order valence-corrected chi connectivity index (χ0v) is 20.2. The van der Waals surface area contributed by atoms with Crippen LogP contribution in [0.4, 0.5) is 0 Å². The standard InChI is InChI=1S/C31H32N2/c1-30(2,3)24-10-6-8-21(18-24)26-15-17-33-29-23(9-7-11-27(26)29)20-31(4,5)25-12-13-28-22(19-25)14-16-32-28/h6-19,32H,20H2,1-5H3. The average molecular weight is 433 g/mol. The van der Waals surface area contributed by atoms with E-state index >= 15 is 0 Å². The molecule has 0 saturated carbocycles. The molecule has 2 heterocycles. The zero-order chi connectivity index (χ0) is 23.2. The van der Waals surface area contributed by atoms with Gasteiger partial charge in [0.2, 0.25) is 0 Å². The van der Waals surface area contributed by atoms with Gasteiger partial charge < -0.3 is 4.98 Å². The molecule has 0 amide bonds. The van der Waals surface area contributed by atoms with Gasteiger partial charge in [-0.3, -0.25) is 4.98 Å². The van der Waals surface area contributed by atoms with Crippen LogP contribution in [0.1, 0.15) is 51.3 Å². The van der Waals surface area contributed by atoms with Crippen LogP contribution in [0, 0.1) is 0 Å². The molecule has 0 radical (unpaired) electrons. The Balaban J connectivity index is 1.57. The number of nitrogens with one attached hydrogen (secondary N) is 1. The number of aromatic nitrogens is 2. The van der Waals surface area contributed by atoms with Gasteiger partial charge in [-0.2, -0.15) is 0 Å². The van der Waals surface area contributed by atoms with E-state index in [1.165, 1.54) is 44.1 Å². The van der Waals surface area contributed by atoms with Crippen molar-refractivity contribution in [2.24, 2.45) is 0 Å². The molecule has 0 bridgehead atoms. The monoisotopic (exact) mass is 432 g/mol. The first-order valence-electron chi connectivity index (χ1n) is 11.8. The Morgan fingerprint density at radius 2 is 1.61 bits per heavy atom. The van der Waals surface area contributed by atoms with Crippen LogP contribution in [0.2, 0.25) is 0 Å². The normalized spacial score (nSPS) is 12.5. The van der Waals surface area contributed by atoms with E-state index in [9.17, 15) is 0 Å².